The average molecular weight is 414 g/mol. The normalized spacial score (nSPS) is 12.1. The Morgan fingerprint density at radius 1 is 0.864 bits per heavy atom. The molecule has 3 aromatic carbocycles. The van der Waals surface area contributed by atoms with Crippen molar-refractivity contribution < 1.29 is 0 Å². The number of fused-ring (bicyclic) bond motifs is 3. The third-order valence-corrected chi connectivity index (χ3v) is 6.32. The summed E-state index contributed by atoms with van der Waals surface area (Å²) in [4.78, 5) is 0. The molecule has 0 radical (unpaired) electrons. The van der Waals surface area contributed by atoms with Crippen LogP contribution < -0.4 is 0 Å². The van der Waals surface area contributed by atoms with Gasteiger partial charge in [-0.25, -0.2) is 0 Å². The number of hydrogen-bond donors (Lipinski definition) is 0. The fourth-order valence-corrected chi connectivity index (χ4v) is 4.25. The molecule has 2 heteroatoms. The Kier molecular flexibility index (Phi) is 3.47. The number of aryl methyl sites for hydroxylation is 1. The second-order valence-electron chi connectivity index (χ2n) is 5.77. The minimum Gasteiger partial charge on any atom is -0.0619 e. The maximum atomic E-state index is 3.79. The van der Waals surface area contributed by atoms with E-state index in [1.165, 1.54) is 38.9 Å². The van der Waals surface area contributed by atoms with Gasteiger partial charge in [0.15, 0.2) is 0 Å². The van der Waals surface area contributed by atoms with Crippen molar-refractivity contribution in [3.8, 4) is 22.3 Å². The van der Waals surface area contributed by atoms with E-state index in [1.54, 1.807) is 0 Å². The summed E-state index contributed by atoms with van der Waals surface area (Å²) < 4.78 is 2.25. The Morgan fingerprint density at radius 3 is 2.36 bits per heavy atom. The lowest BCUT2D eigenvalue weighted by Gasteiger charge is -2.14. The summed E-state index contributed by atoms with van der Waals surface area (Å²) in [5.41, 5.74) is 9.40. The maximum absolute atomic E-state index is 3.79. The Labute approximate surface area is 147 Å². The van der Waals surface area contributed by atoms with E-state index in [4.69, 9.17) is 0 Å². The Hall–Kier alpha value is -1.38. The molecule has 0 heterocycles. The molecule has 108 valence electrons. The third-order valence-electron chi connectivity index (χ3n) is 4.34. The topological polar surface area (TPSA) is 0 Å². The van der Waals surface area contributed by atoms with Crippen LogP contribution in [0.4, 0.5) is 0 Å². The van der Waals surface area contributed by atoms with Crippen molar-refractivity contribution in [3.05, 3.63) is 80.2 Å². The van der Waals surface area contributed by atoms with E-state index in [2.05, 4.69) is 93.4 Å². The van der Waals surface area contributed by atoms with Crippen LogP contribution >= 0.6 is 31.9 Å². The van der Waals surface area contributed by atoms with Gasteiger partial charge in [-0.15, -0.1) is 0 Å². The van der Waals surface area contributed by atoms with Gasteiger partial charge in [0.05, 0.1) is 0 Å². The molecule has 1 aliphatic rings. The Morgan fingerprint density at radius 2 is 1.59 bits per heavy atom. The number of halogens is 2. The Balaban J connectivity index is 2.01. The van der Waals surface area contributed by atoms with Gasteiger partial charge in [0.25, 0.3) is 0 Å². The van der Waals surface area contributed by atoms with E-state index in [9.17, 15) is 0 Å². The molecule has 0 fully saturated rings. The highest BCUT2D eigenvalue weighted by Crippen LogP contribution is 2.47. The molecule has 22 heavy (non-hydrogen) atoms. The summed E-state index contributed by atoms with van der Waals surface area (Å²) in [6, 6.07) is 19.7. The summed E-state index contributed by atoms with van der Waals surface area (Å²) in [5, 5.41) is 0. The molecule has 3 aromatic rings. The molecule has 1 aliphatic carbocycles. The van der Waals surface area contributed by atoms with Gasteiger partial charge < -0.3 is 0 Å². The zero-order valence-electron chi connectivity index (χ0n) is 12.2. The molecule has 0 nitrogen and oxygen atoms in total. The highest BCUT2D eigenvalue weighted by atomic mass is 79.9. The highest BCUT2D eigenvalue weighted by Gasteiger charge is 2.24. The predicted molar refractivity (Wildman–Crippen MR) is 100 cm³/mol. The van der Waals surface area contributed by atoms with Crippen LogP contribution in [0.5, 0.6) is 0 Å². The molecule has 0 N–H and O–H groups in total. The maximum Gasteiger partial charge on any atom is 0.0399 e. The summed E-state index contributed by atoms with van der Waals surface area (Å²) in [5.74, 6) is 0. The van der Waals surface area contributed by atoms with Gasteiger partial charge in [-0.3, -0.25) is 0 Å². The van der Waals surface area contributed by atoms with E-state index >= 15 is 0 Å². The van der Waals surface area contributed by atoms with Gasteiger partial charge in [0.2, 0.25) is 0 Å². The first-order valence-electron chi connectivity index (χ1n) is 7.31. The van der Waals surface area contributed by atoms with Crippen molar-refractivity contribution in [2.45, 2.75) is 13.3 Å². The molecule has 0 saturated heterocycles. The van der Waals surface area contributed by atoms with Crippen molar-refractivity contribution in [2.24, 2.45) is 0 Å². The number of rotatable bonds is 1. The van der Waals surface area contributed by atoms with E-state index in [1.807, 2.05) is 0 Å². The van der Waals surface area contributed by atoms with Crippen molar-refractivity contribution >= 4 is 31.9 Å². The largest absolute Gasteiger partial charge is 0.0619 e. The summed E-state index contributed by atoms with van der Waals surface area (Å²) in [7, 11) is 0. The molecule has 0 spiro atoms. The first-order valence-corrected chi connectivity index (χ1v) is 8.90. The van der Waals surface area contributed by atoms with Crippen molar-refractivity contribution in [1.82, 2.24) is 0 Å². The second-order valence-corrected chi connectivity index (χ2v) is 7.42. The minimum absolute atomic E-state index is 1.00. The average Bonchev–Trinajstić information content (AvgIpc) is 2.88. The molecular formula is C20H14Br2. The van der Waals surface area contributed by atoms with Crippen molar-refractivity contribution in [2.75, 3.05) is 0 Å². The van der Waals surface area contributed by atoms with Gasteiger partial charge in [-0.2, -0.15) is 0 Å². The summed E-state index contributed by atoms with van der Waals surface area (Å²) in [6.45, 7) is 2.13. The van der Waals surface area contributed by atoms with Crippen LogP contribution in [-0.4, -0.2) is 0 Å². The van der Waals surface area contributed by atoms with Gasteiger partial charge in [0.1, 0.15) is 0 Å². The Bertz CT molecular complexity index is 877. The summed E-state index contributed by atoms with van der Waals surface area (Å²) >= 11 is 7.50. The molecule has 0 aliphatic heterocycles. The predicted octanol–water partition coefficient (Wildman–Crippen LogP) is 6.76. The number of hydrogen-bond acceptors (Lipinski definition) is 0. The molecule has 0 aromatic heterocycles. The van der Waals surface area contributed by atoms with Crippen molar-refractivity contribution in [3.63, 3.8) is 0 Å². The third kappa shape index (κ3) is 2.17. The summed E-state index contributed by atoms with van der Waals surface area (Å²) in [6.07, 6.45) is 1.00. The van der Waals surface area contributed by atoms with E-state index in [0.717, 1.165) is 15.4 Å². The van der Waals surface area contributed by atoms with Crippen LogP contribution in [0.1, 0.15) is 16.7 Å². The van der Waals surface area contributed by atoms with Gasteiger partial charge in [-0.1, -0.05) is 54.1 Å². The monoisotopic (exact) mass is 412 g/mol. The van der Waals surface area contributed by atoms with Crippen LogP contribution in [0.15, 0.2) is 63.5 Å². The van der Waals surface area contributed by atoms with Gasteiger partial charge >= 0.3 is 0 Å². The van der Waals surface area contributed by atoms with Crippen LogP contribution in [0.2, 0.25) is 0 Å². The van der Waals surface area contributed by atoms with E-state index in [0.29, 0.717) is 0 Å². The molecule has 0 bridgehead atoms. The first-order chi connectivity index (χ1) is 10.6. The van der Waals surface area contributed by atoms with Crippen LogP contribution in [0.25, 0.3) is 22.3 Å². The lowest BCUT2D eigenvalue weighted by atomic mass is 9.95. The lowest BCUT2D eigenvalue weighted by Crippen LogP contribution is -1.91. The fraction of sp³-hybridized carbons (Fsp3) is 0.100. The quantitative estimate of drug-likeness (QED) is 0.323. The molecular weight excluding hydrogens is 400 g/mol. The zero-order valence-corrected chi connectivity index (χ0v) is 15.3. The number of benzene rings is 3. The second kappa shape index (κ2) is 5.36. The highest BCUT2D eigenvalue weighted by molar-refractivity contribution is 9.13. The van der Waals surface area contributed by atoms with Gasteiger partial charge in [0, 0.05) is 14.5 Å². The minimum atomic E-state index is 1.00. The first kappa shape index (κ1) is 14.2. The smallest absolute Gasteiger partial charge is 0.0399 e. The van der Waals surface area contributed by atoms with E-state index < -0.39 is 0 Å². The molecule has 0 unspecified atom stereocenters. The standard InChI is InChI=1S/C20H14Br2/c1-12-6-8-13(9-7-12)19-17-10-14-4-2-3-5-15(14)16(17)11-18(21)20(19)22/h2-9,11H,10H2,1H3. The van der Waals surface area contributed by atoms with Gasteiger partial charge in [-0.05, 0) is 79.1 Å². The molecule has 0 amide bonds. The molecule has 0 saturated carbocycles. The fourth-order valence-electron chi connectivity index (χ4n) is 3.24. The lowest BCUT2D eigenvalue weighted by molar-refractivity contribution is 1.26. The van der Waals surface area contributed by atoms with Crippen LogP contribution in [0, 0.1) is 6.92 Å². The molecule has 0 atom stereocenters. The SMILES string of the molecule is Cc1ccc(-c2c(Br)c(Br)cc3c2Cc2ccccc2-3)cc1. The van der Waals surface area contributed by atoms with Crippen molar-refractivity contribution in [1.29, 1.82) is 0 Å². The molecule has 4 rings (SSSR count). The van der Waals surface area contributed by atoms with E-state index in [-0.39, 0.29) is 0 Å². The zero-order chi connectivity index (χ0) is 15.3. The van der Waals surface area contributed by atoms with Crippen LogP contribution in [-0.2, 0) is 6.42 Å². The van der Waals surface area contributed by atoms with Crippen LogP contribution in [0.3, 0.4) is 0 Å².